The third-order valence-corrected chi connectivity index (χ3v) is 4.13. The molecule has 1 saturated heterocycles. The highest BCUT2D eigenvalue weighted by molar-refractivity contribution is 6.30. The van der Waals surface area contributed by atoms with Crippen molar-refractivity contribution in [3.05, 3.63) is 34.6 Å². The van der Waals surface area contributed by atoms with Gasteiger partial charge < -0.3 is 20.1 Å². The highest BCUT2D eigenvalue weighted by Gasteiger charge is 2.50. The van der Waals surface area contributed by atoms with E-state index < -0.39 is 23.2 Å². The van der Waals surface area contributed by atoms with Gasteiger partial charge in [-0.3, -0.25) is 9.59 Å². The number of hydrogen-bond donors (Lipinski definition) is 2. The van der Waals surface area contributed by atoms with Crippen LogP contribution in [0.3, 0.4) is 0 Å². The molecule has 0 radical (unpaired) electrons. The maximum Gasteiger partial charge on any atom is 0.264 e. The standard InChI is InChI=1S/C16H20ClFN2O4/c1-24-6-2-4-20-5-3-16(23,15(20)22)14(21)19-10-11-7-12(17)9-13(18)8-11/h7-9,23H,2-6,10H2,1H3,(H,19,21)/t16-/m0/s1. The van der Waals surface area contributed by atoms with Gasteiger partial charge in [0.2, 0.25) is 5.60 Å². The molecule has 0 unspecified atom stereocenters. The Bertz CT molecular complexity index is 608. The minimum Gasteiger partial charge on any atom is -0.385 e. The Morgan fingerprint density at radius 1 is 1.50 bits per heavy atom. The summed E-state index contributed by atoms with van der Waals surface area (Å²) in [6, 6.07) is 3.88. The maximum atomic E-state index is 13.3. The largest absolute Gasteiger partial charge is 0.385 e. The molecule has 1 atom stereocenters. The minimum absolute atomic E-state index is 0.0224. The van der Waals surface area contributed by atoms with E-state index in [1.807, 2.05) is 0 Å². The van der Waals surface area contributed by atoms with Gasteiger partial charge in [-0.05, 0) is 30.2 Å². The maximum absolute atomic E-state index is 13.3. The third-order valence-electron chi connectivity index (χ3n) is 3.91. The van der Waals surface area contributed by atoms with E-state index in [9.17, 15) is 19.1 Å². The molecule has 1 aliphatic rings. The Kier molecular flexibility index (Phi) is 6.15. The van der Waals surface area contributed by atoms with Crippen molar-refractivity contribution in [3.8, 4) is 0 Å². The zero-order chi connectivity index (χ0) is 17.7. The molecule has 0 aliphatic carbocycles. The average molecular weight is 359 g/mol. The smallest absolute Gasteiger partial charge is 0.264 e. The Morgan fingerprint density at radius 2 is 2.25 bits per heavy atom. The average Bonchev–Trinajstić information content (AvgIpc) is 2.81. The molecule has 24 heavy (non-hydrogen) atoms. The quantitative estimate of drug-likeness (QED) is 0.565. The summed E-state index contributed by atoms with van der Waals surface area (Å²) in [6.45, 7) is 1.18. The Morgan fingerprint density at radius 3 is 2.92 bits per heavy atom. The summed E-state index contributed by atoms with van der Waals surface area (Å²) in [5.41, 5.74) is -1.64. The molecule has 1 fully saturated rings. The molecular weight excluding hydrogens is 339 g/mol. The van der Waals surface area contributed by atoms with Crippen LogP contribution in [0.5, 0.6) is 0 Å². The van der Waals surface area contributed by atoms with Gasteiger partial charge in [-0.15, -0.1) is 0 Å². The molecule has 0 saturated carbocycles. The Labute approximate surface area is 144 Å². The molecule has 1 aliphatic heterocycles. The van der Waals surface area contributed by atoms with E-state index in [4.69, 9.17) is 16.3 Å². The van der Waals surface area contributed by atoms with E-state index in [1.165, 1.54) is 17.0 Å². The van der Waals surface area contributed by atoms with Crippen LogP contribution in [0.4, 0.5) is 4.39 Å². The lowest BCUT2D eigenvalue weighted by Crippen LogP contribution is -2.52. The van der Waals surface area contributed by atoms with Gasteiger partial charge in [0.25, 0.3) is 11.8 Å². The Hall–Kier alpha value is -1.70. The van der Waals surface area contributed by atoms with Crippen molar-refractivity contribution >= 4 is 23.4 Å². The number of nitrogens with one attached hydrogen (secondary N) is 1. The predicted molar refractivity (Wildman–Crippen MR) is 85.9 cm³/mol. The molecule has 0 spiro atoms. The lowest BCUT2D eigenvalue weighted by atomic mass is 10.0. The van der Waals surface area contributed by atoms with Crippen LogP contribution in [0, 0.1) is 5.82 Å². The van der Waals surface area contributed by atoms with Crippen molar-refractivity contribution in [3.63, 3.8) is 0 Å². The van der Waals surface area contributed by atoms with Crippen molar-refractivity contribution in [2.75, 3.05) is 26.8 Å². The normalized spacial score (nSPS) is 20.5. The first-order valence-electron chi connectivity index (χ1n) is 7.61. The van der Waals surface area contributed by atoms with Gasteiger partial charge in [0, 0.05) is 44.8 Å². The fourth-order valence-electron chi connectivity index (χ4n) is 2.63. The molecule has 2 rings (SSSR count). The van der Waals surface area contributed by atoms with Crippen LogP contribution in [-0.2, 0) is 20.9 Å². The third kappa shape index (κ3) is 4.23. The number of halogens is 2. The van der Waals surface area contributed by atoms with Gasteiger partial charge in [0.15, 0.2) is 0 Å². The summed E-state index contributed by atoms with van der Waals surface area (Å²) in [4.78, 5) is 26.0. The molecule has 0 aromatic heterocycles. The number of likely N-dealkylation sites (tertiary alicyclic amines) is 1. The number of carbonyl (C=O) groups is 2. The topological polar surface area (TPSA) is 78.9 Å². The second kappa shape index (κ2) is 7.92. The van der Waals surface area contributed by atoms with Crippen LogP contribution in [0.25, 0.3) is 0 Å². The number of methoxy groups -OCH3 is 1. The zero-order valence-corrected chi connectivity index (χ0v) is 14.1. The van der Waals surface area contributed by atoms with Gasteiger partial charge in [-0.25, -0.2) is 4.39 Å². The van der Waals surface area contributed by atoms with Crippen molar-refractivity contribution < 1.29 is 23.8 Å². The molecule has 0 bridgehead atoms. The number of hydrogen-bond acceptors (Lipinski definition) is 4. The van der Waals surface area contributed by atoms with E-state index in [2.05, 4.69) is 5.32 Å². The molecule has 132 valence electrons. The lowest BCUT2D eigenvalue weighted by molar-refractivity contribution is -0.154. The number of rotatable bonds is 7. The first kappa shape index (κ1) is 18.6. The SMILES string of the molecule is COCCCN1CC[C@](O)(C(=O)NCc2cc(F)cc(Cl)c2)C1=O. The fourth-order valence-corrected chi connectivity index (χ4v) is 2.88. The summed E-state index contributed by atoms with van der Waals surface area (Å²) in [7, 11) is 1.56. The predicted octanol–water partition coefficient (Wildman–Crippen LogP) is 1.10. The summed E-state index contributed by atoms with van der Waals surface area (Å²) < 4.78 is 18.2. The van der Waals surface area contributed by atoms with Crippen molar-refractivity contribution in [2.24, 2.45) is 0 Å². The number of ether oxygens (including phenoxy) is 1. The number of amides is 2. The minimum atomic E-state index is -2.08. The summed E-state index contributed by atoms with van der Waals surface area (Å²) in [6.07, 6.45) is 0.649. The van der Waals surface area contributed by atoms with Gasteiger partial charge in [-0.1, -0.05) is 11.6 Å². The van der Waals surface area contributed by atoms with E-state index in [-0.39, 0.29) is 18.0 Å². The first-order valence-corrected chi connectivity index (χ1v) is 7.98. The molecule has 1 aromatic rings. The molecule has 8 heteroatoms. The van der Waals surface area contributed by atoms with E-state index in [0.29, 0.717) is 31.7 Å². The summed E-state index contributed by atoms with van der Waals surface area (Å²) >= 11 is 5.75. The van der Waals surface area contributed by atoms with Crippen LogP contribution in [-0.4, -0.2) is 54.2 Å². The highest BCUT2D eigenvalue weighted by Crippen LogP contribution is 2.24. The monoisotopic (exact) mass is 358 g/mol. The van der Waals surface area contributed by atoms with E-state index in [1.54, 1.807) is 7.11 Å². The number of benzene rings is 1. The van der Waals surface area contributed by atoms with Gasteiger partial charge in [-0.2, -0.15) is 0 Å². The van der Waals surface area contributed by atoms with Crippen LogP contribution in [0.2, 0.25) is 5.02 Å². The van der Waals surface area contributed by atoms with Gasteiger partial charge >= 0.3 is 0 Å². The summed E-state index contributed by atoms with van der Waals surface area (Å²) in [5, 5.41) is 13.1. The second-order valence-corrected chi connectivity index (χ2v) is 6.15. The van der Waals surface area contributed by atoms with E-state index >= 15 is 0 Å². The molecule has 2 amide bonds. The molecule has 1 aromatic carbocycles. The van der Waals surface area contributed by atoms with Crippen LogP contribution in [0.15, 0.2) is 18.2 Å². The second-order valence-electron chi connectivity index (χ2n) is 5.71. The summed E-state index contributed by atoms with van der Waals surface area (Å²) in [5.74, 6) is -1.93. The first-order chi connectivity index (χ1) is 11.4. The van der Waals surface area contributed by atoms with E-state index in [0.717, 1.165) is 6.07 Å². The fraction of sp³-hybridized carbons (Fsp3) is 0.500. The van der Waals surface area contributed by atoms with Gasteiger partial charge in [0.1, 0.15) is 5.82 Å². The number of carbonyl (C=O) groups excluding carboxylic acids is 2. The Balaban J connectivity index is 1.94. The van der Waals surface area contributed by atoms with Gasteiger partial charge in [0.05, 0.1) is 0 Å². The zero-order valence-electron chi connectivity index (χ0n) is 13.3. The van der Waals surface area contributed by atoms with Crippen LogP contribution in [0.1, 0.15) is 18.4 Å². The number of nitrogens with zero attached hydrogens (tertiary/aromatic N) is 1. The van der Waals surface area contributed by atoms with Crippen molar-refractivity contribution in [1.82, 2.24) is 10.2 Å². The molecule has 6 nitrogen and oxygen atoms in total. The molecular formula is C16H20ClFN2O4. The van der Waals surface area contributed by atoms with Crippen molar-refractivity contribution in [2.45, 2.75) is 25.0 Å². The highest BCUT2D eigenvalue weighted by atomic mass is 35.5. The van der Waals surface area contributed by atoms with Crippen LogP contribution >= 0.6 is 11.6 Å². The molecule has 1 heterocycles. The van der Waals surface area contributed by atoms with Crippen LogP contribution < -0.4 is 5.32 Å². The lowest BCUT2D eigenvalue weighted by Gasteiger charge is -2.21. The molecule has 2 N–H and O–H groups in total. The number of aliphatic hydroxyl groups is 1. The van der Waals surface area contributed by atoms with Crippen molar-refractivity contribution in [1.29, 1.82) is 0 Å².